The van der Waals surface area contributed by atoms with Gasteiger partial charge in [-0.1, -0.05) is 0 Å². The molecule has 18 heavy (non-hydrogen) atoms. The van der Waals surface area contributed by atoms with Crippen LogP contribution in [-0.4, -0.2) is 37.7 Å². The second-order valence-electron chi connectivity index (χ2n) is 3.83. The molecule has 1 atom stereocenters. The third kappa shape index (κ3) is 3.56. The average molecular weight is 271 g/mol. The van der Waals surface area contributed by atoms with Gasteiger partial charge < -0.3 is 10.4 Å². The van der Waals surface area contributed by atoms with Gasteiger partial charge in [-0.3, -0.25) is 9.59 Å². The molecule has 0 heterocycles. The van der Waals surface area contributed by atoms with Crippen LogP contribution in [0.15, 0.2) is 29.2 Å². The first-order valence-electron chi connectivity index (χ1n) is 5.05. The van der Waals surface area contributed by atoms with Crippen molar-refractivity contribution in [1.29, 1.82) is 0 Å². The second kappa shape index (κ2) is 5.18. The van der Waals surface area contributed by atoms with E-state index >= 15 is 0 Å². The Labute approximate surface area is 105 Å². The number of carboxylic acids is 1. The minimum Gasteiger partial charge on any atom is -0.480 e. The van der Waals surface area contributed by atoms with Gasteiger partial charge in [0.1, 0.15) is 6.04 Å². The summed E-state index contributed by atoms with van der Waals surface area (Å²) in [5.74, 6) is -1.71. The molecule has 0 spiro atoms. The Morgan fingerprint density at radius 1 is 1.22 bits per heavy atom. The molecule has 7 heteroatoms. The maximum absolute atomic E-state index is 11.6. The van der Waals surface area contributed by atoms with Crippen LogP contribution >= 0.6 is 0 Å². The van der Waals surface area contributed by atoms with Crippen LogP contribution in [0.5, 0.6) is 0 Å². The van der Waals surface area contributed by atoms with E-state index < -0.39 is 27.8 Å². The number of sulfone groups is 1. The number of rotatable bonds is 4. The van der Waals surface area contributed by atoms with Gasteiger partial charge >= 0.3 is 5.97 Å². The zero-order valence-corrected chi connectivity index (χ0v) is 10.7. The third-order valence-corrected chi connectivity index (χ3v) is 3.39. The molecule has 1 rings (SSSR count). The van der Waals surface area contributed by atoms with E-state index in [4.69, 9.17) is 5.11 Å². The lowest BCUT2D eigenvalue weighted by Crippen LogP contribution is -2.38. The van der Waals surface area contributed by atoms with Crippen LogP contribution in [0.1, 0.15) is 17.3 Å². The number of benzene rings is 1. The Balaban J connectivity index is 2.86. The number of nitrogens with one attached hydrogen (secondary N) is 1. The number of carboxylic acid groups (broad SMARTS) is 1. The van der Waals surface area contributed by atoms with E-state index in [1.54, 1.807) is 0 Å². The molecule has 0 aliphatic carbocycles. The summed E-state index contributed by atoms with van der Waals surface area (Å²) < 4.78 is 22.4. The van der Waals surface area contributed by atoms with E-state index in [-0.39, 0.29) is 10.5 Å². The fraction of sp³-hybridized carbons (Fsp3) is 0.273. The lowest BCUT2D eigenvalue weighted by Gasteiger charge is -2.09. The summed E-state index contributed by atoms with van der Waals surface area (Å²) in [6.45, 7) is 1.34. The van der Waals surface area contributed by atoms with Crippen molar-refractivity contribution in [2.75, 3.05) is 6.26 Å². The maximum Gasteiger partial charge on any atom is 0.325 e. The molecule has 1 aromatic rings. The summed E-state index contributed by atoms with van der Waals surface area (Å²) in [7, 11) is -3.31. The van der Waals surface area contributed by atoms with Crippen molar-refractivity contribution in [3.05, 3.63) is 29.8 Å². The normalized spacial score (nSPS) is 12.8. The number of amides is 1. The molecule has 2 N–H and O–H groups in total. The Bertz CT molecular complexity index is 562. The van der Waals surface area contributed by atoms with Crippen LogP contribution in [0.3, 0.4) is 0 Å². The van der Waals surface area contributed by atoms with Gasteiger partial charge in [-0.15, -0.1) is 0 Å². The molecule has 0 fully saturated rings. The lowest BCUT2D eigenvalue weighted by molar-refractivity contribution is -0.138. The van der Waals surface area contributed by atoms with Crippen LogP contribution in [0.4, 0.5) is 0 Å². The van der Waals surface area contributed by atoms with Crippen molar-refractivity contribution in [2.24, 2.45) is 0 Å². The molecule has 0 aliphatic heterocycles. The smallest absolute Gasteiger partial charge is 0.325 e. The molecule has 0 bridgehead atoms. The zero-order chi connectivity index (χ0) is 13.9. The van der Waals surface area contributed by atoms with Gasteiger partial charge in [-0.05, 0) is 31.2 Å². The summed E-state index contributed by atoms with van der Waals surface area (Å²) in [6.07, 6.45) is 1.06. The van der Waals surface area contributed by atoms with Crippen LogP contribution in [0, 0.1) is 0 Å². The van der Waals surface area contributed by atoms with Gasteiger partial charge in [0.2, 0.25) is 0 Å². The molecule has 0 saturated heterocycles. The van der Waals surface area contributed by atoms with Crippen molar-refractivity contribution < 1.29 is 23.1 Å². The molecule has 0 aliphatic rings. The lowest BCUT2D eigenvalue weighted by atomic mass is 10.2. The SMILES string of the molecule is CC(NC(=O)c1ccc(S(C)(=O)=O)cc1)C(=O)O. The average Bonchev–Trinajstić information content (AvgIpc) is 2.27. The number of hydrogen-bond donors (Lipinski definition) is 2. The molecule has 6 nitrogen and oxygen atoms in total. The Hall–Kier alpha value is -1.89. The van der Waals surface area contributed by atoms with Crippen molar-refractivity contribution in [1.82, 2.24) is 5.32 Å². The fourth-order valence-corrected chi connectivity index (χ4v) is 1.83. The van der Waals surface area contributed by atoms with E-state index in [9.17, 15) is 18.0 Å². The molecule has 98 valence electrons. The highest BCUT2D eigenvalue weighted by molar-refractivity contribution is 7.90. The summed E-state index contributed by atoms with van der Waals surface area (Å²) in [6, 6.07) is 4.26. The van der Waals surface area contributed by atoms with E-state index in [0.717, 1.165) is 6.26 Å². The molecule has 1 unspecified atom stereocenters. The Kier molecular flexibility index (Phi) is 4.07. The first kappa shape index (κ1) is 14.2. The highest BCUT2D eigenvalue weighted by Crippen LogP contribution is 2.10. The summed E-state index contributed by atoms with van der Waals surface area (Å²) in [5, 5.41) is 10.9. The maximum atomic E-state index is 11.6. The molecule has 0 radical (unpaired) electrons. The Morgan fingerprint density at radius 2 is 1.72 bits per heavy atom. The molecule has 1 aromatic carbocycles. The standard InChI is InChI=1S/C11H13NO5S/c1-7(11(14)15)12-10(13)8-3-5-9(6-4-8)18(2,16)17/h3-7H,1-2H3,(H,12,13)(H,14,15). The summed E-state index contributed by atoms with van der Waals surface area (Å²) >= 11 is 0. The number of carbonyl (C=O) groups excluding carboxylic acids is 1. The van der Waals surface area contributed by atoms with E-state index in [0.29, 0.717) is 0 Å². The predicted octanol–water partition coefficient (Wildman–Crippen LogP) is 0.293. The fourth-order valence-electron chi connectivity index (χ4n) is 1.20. The minimum atomic E-state index is -3.31. The van der Waals surface area contributed by atoms with Gasteiger partial charge in [0.05, 0.1) is 4.90 Å². The van der Waals surface area contributed by atoms with Gasteiger partial charge in [-0.25, -0.2) is 8.42 Å². The van der Waals surface area contributed by atoms with Crippen molar-refractivity contribution in [3.8, 4) is 0 Å². The van der Waals surface area contributed by atoms with Crippen LogP contribution in [0.2, 0.25) is 0 Å². The molecule has 0 aromatic heterocycles. The highest BCUT2D eigenvalue weighted by Gasteiger charge is 2.15. The van der Waals surface area contributed by atoms with Crippen molar-refractivity contribution >= 4 is 21.7 Å². The first-order chi connectivity index (χ1) is 8.21. The number of aliphatic carboxylic acids is 1. The highest BCUT2D eigenvalue weighted by atomic mass is 32.2. The van der Waals surface area contributed by atoms with Crippen molar-refractivity contribution in [3.63, 3.8) is 0 Å². The van der Waals surface area contributed by atoms with Gasteiger partial charge in [0, 0.05) is 11.8 Å². The van der Waals surface area contributed by atoms with E-state index in [1.807, 2.05) is 0 Å². The van der Waals surface area contributed by atoms with Crippen molar-refractivity contribution in [2.45, 2.75) is 17.9 Å². The largest absolute Gasteiger partial charge is 0.480 e. The number of hydrogen-bond acceptors (Lipinski definition) is 4. The van der Waals surface area contributed by atoms with Crippen LogP contribution < -0.4 is 5.32 Å². The molecule has 0 saturated carbocycles. The second-order valence-corrected chi connectivity index (χ2v) is 5.85. The monoisotopic (exact) mass is 271 g/mol. The summed E-state index contributed by atoms with van der Waals surface area (Å²) in [4.78, 5) is 22.3. The van der Waals surface area contributed by atoms with Gasteiger partial charge in [-0.2, -0.15) is 0 Å². The predicted molar refractivity (Wildman–Crippen MR) is 64.1 cm³/mol. The first-order valence-corrected chi connectivity index (χ1v) is 6.95. The van der Waals surface area contributed by atoms with E-state index in [2.05, 4.69) is 5.32 Å². The molecular weight excluding hydrogens is 258 g/mol. The van der Waals surface area contributed by atoms with Crippen LogP contribution in [0.25, 0.3) is 0 Å². The number of carbonyl (C=O) groups is 2. The van der Waals surface area contributed by atoms with Gasteiger partial charge in [0.25, 0.3) is 5.91 Å². The summed E-state index contributed by atoms with van der Waals surface area (Å²) in [5.41, 5.74) is 0.204. The van der Waals surface area contributed by atoms with E-state index in [1.165, 1.54) is 31.2 Å². The molecular formula is C11H13NO5S. The minimum absolute atomic E-state index is 0.102. The topological polar surface area (TPSA) is 101 Å². The quantitative estimate of drug-likeness (QED) is 0.820. The van der Waals surface area contributed by atoms with Crippen LogP contribution in [-0.2, 0) is 14.6 Å². The molecule has 1 amide bonds. The Morgan fingerprint density at radius 3 is 2.11 bits per heavy atom. The van der Waals surface area contributed by atoms with Gasteiger partial charge in [0.15, 0.2) is 9.84 Å². The third-order valence-electron chi connectivity index (χ3n) is 2.26. The zero-order valence-electron chi connectivity index (χ0n) is 9.88.